The average molecular weight is 342 g/mol. The molecule has 1 heterocycles. The van der Waals surface area contributed by atoms with Crippen LogP contribution in [-0.4, -0.2) is 34.0 Å². The second kappa shape index (κ2) is 9.85. The minimum absolute atomic E-state index is 0.0155. The highest BCUT2D eigenvalue weighted by atomic mass is 32.1. The first-order chi connectivity index (χ1) is 11.1. The number of aliphatic hydroxyl groups excluding tert-OH is 1. The molecule has 23 heavy (non-hydrogen) atoms. The molecular formula is C16H26N2O4S. The van der Waals surface area contributed by atoms with Crippen molar-refractivity contribution in [3.63, 3.8) is 0 Å². The highest BCUT2D eigenvalue weighted by molar-refractivity contribution is 7.17. The molecule has 1 aliphatic carbocycles. The number of ether oxygens (including phenoxy) is 1. The Morgan fingerprint density at radius 2 is 2.17 bits per heavy atom. The number of nitrogens with zero attached hydrogens (tertiary/aromatic N) is 1. The first-order valence-corrected chi connectivity index (χ1v) is 9.20. The van der Waals surface area contributed by atoms with Crippen molar-refractivity contribution >= 4 is 22.2 Å². The Morgan fingerprint density at radius 3 is 2.91 bits per heavy atom. The van der Waals surface area contributed by atoms with Crippen molar-refractivity contribution in [2.45, 2.75) is 64.1 Å². The van der Waals surface area contributed by atoms with E-state index in [1.54, 1.807) is 6.20 Å². The maximum Gasteiger partial charge on any atom is 0.275 e. The van der Waals surface area contributed by atoms with Crippen LogP contribution >= 0.6 is 11.3 Å². The zero-order chi connectivity index (χ0) is 16.5. The van der Waals surface area contributed by atoms with Gasteiger partial charge in [-0.15, -0.1) is 0 Å². The van der Waals surface area contributed by atoms with E-state index in [-0.39, 0.29) is 18.9 Å². The molecule has 0 unspecified atom stereocenters. The molecule has 1 fully saturated rings. The maximum atomic E-state index is 11.9. The summed E-state index contributed by atoms with van der Waals surface area (Å²) < 4.78 is 5.28. The lowest BCUT2D eigenvalue weighted by Gasteiger charge is -2.21. The molecule has 1 aliphatic rings. The number of carbonyl (C=O) groups is 1. The molecule has 1 amide bonds. The Morgan fingerprint density at radius 1 is 1.39 bits per heavy atom. The van der Waals surface area contributed by atoms with Crippen molar-refractivity contribution in [2.75, 3.05) is 11.9 Å². The molecule has 0 spiro atoms. The highest BCUT2D eigenvalue weighted by Crippen LogP contribution is 2.28. The molecule has 1 saturated carbocycles. The van der Waals surface area contributed by atoms with Gasteiger partial charge in [0.1, 0.15) is 5.00 Å². The molecule has 0 aliphatic heterocycles. The van der Waals surface area contributed by atoms with Crippen LogP contribution in [-0.2, 0) is 4.79 Å². The number of aliphatic hydroxyl groups is 2. The quantitative estimate of drug-likeness (QED) is 0.600. The second-order valence-electron chi connectivity index (χ2n) is 6.05. The van der Waals surface area contributed by atoms with E-state index in [2.05, 4.69) is 10.3 Å². The monoisotopic (exact) mass is 342 g/mol. The van der Waals surface area contributed by atoms with Crippen LogP contribution in [0.4, 0.5) is 5.00 Å². The molecule has 1 aromatic heterocycles. The van der Waals surface area contributed by atoms with Crippen LogP contribution in [0.2, 0.25) is 0 Å². The standard InChI is InChI=1S/C16H26N2O4S/c19-13(8-4-7-12-5-2-1-3-6-12)18-14-11-17-16(23-14)22-10-9-15(20)21/h11-12,15,20-21H,1-10H2,(H,18,19). The number of amides is 1. The maximum absolute atomic E-state index is 11.9. The predicted molar refractivity (Wildman–Crippen MR) is 89.5 cm³/mol. The van der Waals surface area contributed by atoms with Crippen LogP contribution in [0, 0.1) is 5.92 Å². The summed E-state index contributed by atoms with van der Waals surface area (Å²) in [5, 5.41) is 21.4. The van der Waals surface area contributed by atoms with Gasteiger partial charge in [0.25, 0.3) is 5.19 Å². The fourth-order valence-corrected chi connectivity index (χ4v) is 3.57. The molecule has 0 radical (unpaired) electrons. The Kier molecular flexibility index (Phi) is 7.78. The number of hydrogen-bond acceptors (Lipinski definition) is 6. The Balaban J connectivity index is 1.61. The van der Waals surface area contributed by atoms with Gasteiger partial charge in [-0.2, -0.15) is 0 Å². The van der Waals surface area contributed by atoms with E-state index in [1.165, 1.54) is 43.4 Å². The van der Waals surface area contributed by atoms with Crippen molar-refractivity contribution in [1.82, 2.24) is 4.98 Å². The first-order valence-electron chi connectivity index (χ1n) is 8.38. The topological polar surface area (TPSA) is 91.7 Å². The Labute approximate surface area is 140 Å². The molecule has 0 saturated heterocycles. The summed E-state index contributed by atoms with van der Waals surface area (Å²) in [6, 6.07) is 0. The summed E-state index contributed by atoms with van der Waals surface area (Å²) >= 11 is 1.25. The molecule has 0 atom stereocenters. The van der Waals surface area contributed by atoms with E-state index in [4.69, 9.17) is 14.9 Å². The second-order valence-corrected chi connectivity index (χ2v) is 7.05. The molecule has 2 rings (SSSR count). The minimum atomic E-state index is -1.38. The summed E-state index contributed by atoms with van der Waals surface area (Å²) in [4.78, 5) is 16.0. The lowest BCUT2D eigenvalue weighted by molar-refractivity contribution is -0.116. The van der Waals surface area contributed by atoms with E-state index in [1.807, 2.05) is 0 Å². The van der Waals surface area contributed by atoms with Crippen molar-refractivity contribution in [2.24, 2.45) is 5.92 Å². The third-order valence-electron chi connectivity index (χ3n) is 4.09. The molecule has 3 N–H and O–H groups in total. The summed E-state index contributed by atoms with van der Waals surface area (Å²) in [6.07, 6.45) is 9.63. The third kappa shape index (κ3) is 7.28. The SMILES string of the molecule is O=C(CCCC1CCCCC1)Nc1cnc(OCCC(O)O)s1. The van der Waals surface area contributed by atoms with Crippen LogP contribution in [0.15, 0.2) is 6.20 Å². The number of hydrogen-bond donors (Lipinski definition) is 3. The zero-order valence-electron chi connectivity index (χ0n) is 13.4. The van der Waals surface area contributed by atoms with Gasteiger partial charge >= 0.3 is 0 Å². The lowest BCUT2D eigenvalue weighted by atomic mass is 9.86. The van der Waals surface area contributed by atoms with E-state index in [0.717, 1.165) is 18.8 Å². The fourth-order valence-electron chi connectivity index (χ4n) is 2.86. The molecule has 6 nitrogen and oxygen atoms in total. The van der Waals surface area contributed by atoms with Gasteiger partial charge in [-0.1, -0.05) is 43.4 Å². The normalized spacial score (nSPS) is 15.8. The van der Waals surface area contributed by atoms with Gasteiger partial charge in [0.2, 0.25) is 5.91 Å². The van der Waals surface area contributed by atoms with Crippen LogP contribution in [0.3, 0.4) is 0 Å². The van der Waals surface area contributed by atoms with E-state index in [9.17, 15) is 4.79 Å². The third-order valence-corrected chi connectivity index (χ3v) is 4.91. The van der Waals surface area contributed by atoms with Crippen molar-refractivity contribution in [3.8, 4) is 5.19 Å². The summed E-state index contributed by atoms with van der Waals surface area (Å²) in [5.74, 6) is 0.823. The Hall–Kier alpha value is -1.18. The molecule has 0 aromatic carbocycles. The van der Waals surface area contributed by atoms with Crippen LogP contribution in [0.1, 0.15) is 57.8 Å². The Bertz CT molecular complexity index is 472. The lowest BCUT2D eigenvalue weighted by Crippen LogP contribution is -2.12. The van der Waals surface area contributed by atoms with Crippen molar-refractivity contribution < 1.29 is 19.7 Å². The van der Waals surface area contributed by atoms with Gasteiger partial charge in [0.05, 0.1) is 12.8 Å². The summed E-state index contributed by atoms with van der Waals surface area (Å²) in [6.45, 7) is 0.181. The number of anilines is 1. The fraction of sp³-hybridized carbons (Fsp3) is 0.750. The zero-order valence-corrected chi connectivity index (χ0v) is 14.2. The van der Waals surface area contributed by atoms with E-state index < -0.39 is 6.29 Å². The van der Waals surface area contributed by atoms with Gasteiger partial charge in [0, 0.05) is 12.8 Å². The van der Waals surface area contributed by atoms with Gasteiger partial charge in [-0.05, 0) is 18.8 Å². The van der Waals surface area contributed by atoms with Gasteiger partial charge in [0.15, 0.2) is 6.29 Å². The molecule has 0 bridgehead atoms. The first kappa shape index (κ1) is 18.2. The van der Waals surface area contributed by atoms with E-state index >= 15 is 0 Å². The molecule has 130 valence electrons. The smallest absolute Gasteiger partial charge is 0.275 e. The molecule has 1 aromatic rings. The van der Waals surface area contributed by atoms with Gasteiger partial charge in [-0.25, -0.2) is 4.98 Å². The van der Waals surface area contributed by atoms with Crippen molar-refractivity contribution in [1.29, 1.82) is 0 Å². The van der Waals surface area contributed by atoms with Crippen LogP contribution < -0.4 is 10.1 Å². The number of aromatic nitrogens is 1. The minimum Gasteiger partial charge on any atom is -0.470 e. The van der Waals surface area contributed by atoms with Crippen LogP contribution in [0.25, 0.3) is 0 Å². The number of thiazole rings is 1. The number of carbonyl (C=O) groups excluding carboxylic acids is 1. The van der Waals surface area contributed by atoms with Gasteiger partial charge < -0.3 is 20.3 Å². The number of rotatable bonds is 9. The molecular weight excluding hydrogens is 316 g/mol. The summed E-state index contributed by atoms with van der Waals surface area (Å²) in [7, 11) is 0. The molecule has 7 heteroatoms. The van der Waals surface area contributed by atoms with Crippen LogP contribution in [0.5, 0.6) is 5.19 Å². The van der Waals surface area contributed by atoms with Gasteiger partial charge in [-0.3, -0.25) is 4.79 Å². The average Bonchev–Trinajstić information content (AvgIpc) is 2.95. The number of nitrogens with one attached hydrogen (secondary N) is 1. The van der Waals surface area contributed by atoms with E-state index in [0.29, 0.717) is 16.6 Å². The highest BCUT2D eigenvalue weighted by Gasteiger charge is 2.14. The largest absolute Gasteiger partial charge is 0.470 e. The predicted octanol–water partition coefficient (Wildman–Crippen LogP) is 2.91. The van der Waals surface area contributed by atoms with Crippen molar-refractivity contribution in [3.05, 3.63) is 6.20 Å². The summed E-state index contributed by atoms with van der Waals surface area (Å²) in [5.41, 5.74) is 0.